The van der Waals surface area contributed by atoms with Crippen LogP contribution in [0.3, 0.4) is 0 Å². The van der Waals surface area contributed by atoms with Crippen LogP contribution in [0.4, 0.5) is 11.4 Å². The molecule has 0 radical (unpaired) electrons. The van der Waals surface area contributed by atoms with Gasteiger partial charge in [0.25, 0.3) is 11.7 Å². The molecule has 1 aliphatic rings. The molecule has 1 fully saturated rings. The number of carbonyl (C=O) groups is 2. The zero-order chi connectivity index (χ0) is 26.7. The number of hydrogen-bond acceptors (Lipinski definition) is 6. The maximum absolute atomic E-state index is 13.4. The molecule has 0 aromatic heterocycles. The van der Waals surface area contributed by atoms with Crippen molar-refractivity contribution in [2.75, 3.05) is 37.1 Å². The number of amides is 1. The Morgan fingerprint density at radius 3 is 2.14 bits per heavy atom. The Morgan fingerprint density at radius 1 is 0.946 bits per heavy atom. The lowest BCUT2D eigenvalue weighted by atomic mass is 9.95. The number of rotatable bonds is 8. The van der Waals surface area contributed by atoms with Gasteiger partial charge >= 0.3 is 0 Å². The molecule has 3 aromatic carbocycles. The molecule has 3 aromatic rings. The summed E-state index contributed by atoms with van der Waals surface area (Å²) in [5.74, 6) is -0.758. The van der Waals surface area contributed by atoms with Crippen molar-refractivity contribution in [3.8, 4) is 11.5 Å². The average Bonchev–Trinajstić information content (AvgIpc) is 3.19. The van der Waals surface area contributed by atoms with Crippen LogP contribution in [0.5, 0.6) is 11.5 Å². The molecule has 192 valence electrons. The van der Waals surface area contributed by atoms with Crippen molar-refractivity contribution in [2.45, 2.75) is 19.9 Å². The predicted octanol–water partition coefficient (Wildman–Crippen LogP) is 5.83. The van der Waals surface area contributed by atoms with Gasteiger partial charge in [-0.2, -0.15) is 0 Å². The number of aliphatic hydroxyl groups is 1. The summed E-state index contributed by atoms with van der Waals surface area (Å²) in [5, 5.41) is 11.6. The Bertz CT molecular complexity index is 1330. The smallest absolute Gasteiger partial charge is 0.300 e. The molecule has 0 bridgehead atoms. The molecule has 1 heterocycles. The van der Waals surface area contributed by atoms with E-state index >= 15 is 0 Å². The summed E-state index contributed by atoms with van der Waals surface area (Å²) < 4.78 is 10.5. The lowest BCUT2D eigenvalue weighted by Gasteiger charge is -2.27. The highest BCUT2D eigenvalue weighted by Crippen LogP contribution is 2.43. The van der Waals surface area contributed by atoms with Crippen molar-refractivity contribution in [3.63, 3.8) is 0 Å². The van der Waals surface area contributed by atoms with E-state index in [1.54, 1.807) is 43.5 Å². The molecule has 7 nitrogen and oxygen atoms in total. The van der Waals surface area contributed by atoms with E-state index in [1.807, 2.05) is 24.3 Å². The minimum Gasteiger partial charge on any atom is -0.507 e. The van der Waals surface area contributed by atoms with Gasteiger partial charge in [-0.15, -0.1) is 0 Å². The van der Waals surface area contributed by atoms with Gasteiger partial charge in [0.15, 0.2) is 0 Å². The molecule has 0 aliphatic carbocycles. The first-order valence-electron chi connectivity index (χ1n) is 12.0. The van der Waals surface area contributed by atoms with Gasteiger partial charge in [0.2, 0.25) is 0 Å². The lowest BCUT2D eigenvalue weighted by Crippen LogP contribution is -2.29. The van der Waals surface area contributed by atoms with Crippen molar-refractivity contribution >= 4 is 40.4 Å². The first kappa shape index (κ1) is 26.1. The third-order valence-corrected chi connectivity index (χ3v) is 6.85. The van der Waals surface area contributed by atoms with Crippen molar-refractivity contribution in [1.29, 1.82) is 0 Å². The van der Waals surface area contributed by atoms with E-state index in [1.165, 1.54) is 18.1 Å². The number of aliphatic hydroxyl groups excluding tert-OH is 1. The second-order valence-corrected chi connectivity index (χ2v) is 8.89. The van der Waals surface area contributed by atoms with E-state index in [0.717, 1.165) is 18.8 Å². The second-order valence-electron chi connectivity index (χ2n) is 8.48. The number of benzene rings is 3. The summed E-state index contributed by atoms with van der Waals surface area (Å²) >= 11 is 6.28. The van der Waals surface area contributed by atoms with E-state index in [9.17, 15) is 14.7 Å². The molecule has 1 atom stereocenters. The van der Waals surface area contributed by atoms with Gasteiger partial charge in [-0.25, -0.2) is 0 Å². The molecule has 1 N–H and O–H groups in total. The Hall–Kier alpha value is -3.97. The fourth-order valence-electron chi connectivity index (χ4n) is 4.58. The summed E-state index contributed by atoms with van der Waals surface area (Å²) in [5.41, 5.74) is 2.49. The van der Waals surface area contributed by atoms with Crippen LogP contribution in [-0.2, 0) is 9.59 Å². The Morgan fingerprint density at radius 2 is 1.59 bits per heavy atom. The predicted molar refractivity (Wildman–Crippen MR) is 146 cm³/mol. The third kappa shape index (κ3) is 4.87. The molecule has 0 spiro atoms. The number of anilines is 2. The van der Waals surface area contributed by atoms with Crippen molar-refractivity contribution in [2.24, 2.45) is 0 Å². The quantitative estimate of drug-likeness (QED) is 0.229. The normalized spacial score (nSPS) is 16.7. The Balaban J connectivity index is 1.87. The zero-order valence-corrected chi connectivity index (χ0v) is 22.0. The highest BCUT2D eigenvalue weighted by atomic mass is 35.5. The summed E-state index contributed by atoms with van der Waals surface area (Å²) in [6, 6.07) is 18.4. The number of methoxy groups -OCH3 is 2. The van der Waals surface area contributed by atoms with Gasteiger partial charge in [0, 0.05) is 30.0 Å². The van der Waals surface area contributed by atoms with Crippen LogP contribution in [-0.4, -0.2) is 44.1 Å². The van der Waals surface area contributed by atoms with Crippen molar-refractivity contribution < 1.29 is 24.2 Å². The Kier molecular flexibility index (Phi) is 7.74. The molecule has 1 amide bonds. The van der Waals surface area contributed by atoms with Crippen LogP contribution in [0.2, 0.25) is 5.02 Å². The number of ether oxygens (including phenoxy) is 2. The van der Waals surface area contributed by atoms with E-state index in [2.05, 4.69) is 18.7 Å². The Labute approximate surface area is 221 Å². The summed E-state index contributed by atoms with van der Waals surface area (Å²) in [6.07, 6.45) is 0. The number of Topliss-reactive ketones (excluding diaryl/α,β-unsaturated/α-hetero) is 1. The van der Waals surface area contributed by atoms with E-state index in [-0.39, 0.29) is 16.4 Å². The van der Waals surface area contributed by atoms with Crippen LogP contribution in [0.1, 0.15) is 31.0 Å². The lowest BCUT2D eigenvalue weighted by molar-refractivity contribution is -0.132. The number of nitrogens with zero attached hydrogens (tertiary/aromatic N) is 2. The molecular weight excluding hydrogens is 492 g/mol. The number of hydrogen-bond donors (Lipinski definition) is 1. The number of carbonyl (C=O) groups excluding carboxylic acids is 2. The van der Waals surface area contributed by atoms with Crippen LogP contribution < -0.4 is 19.3 Å². The highest BCUT2D eigenvalue weighted by molar-refractivity contribution is 6.51. The van der Waals surface area contributed by atoms with Crippen molar-refractivity contribution in [1.82, 2.24) is 0 Å². The first-order chi connectivity index (χ1) is 17.8. The molecule has 1 unspecified atom stereocenters. The average molecular weight is 521 g/mol. The summed E-state index contributed by atoms with van der Waals surface area (Å²) in [7, 11) is 3.05. The van der Waals surface area contributed by atoms with Crippen molar-refractivity contribution in [3.05, 3.63) is 88.5 Å². The topological polar surface area (TPSA) is 79.3 Å². The van der Waals surface area contributed by atoms with E-state index in [0.29, 0.717) is 28.3 Å². The molecule has 1 saturated heterocycles. The fraction of sp³-hybridized carbons (Fsp3) is 0.241. The first-order valence-corrected chi connectivity index (χ1v) is 12.4. The SMILES string of the molecule is CCN(CC)c1ccc(N2C(=O)C(=O)/C(=C(\O)c3ccc(OC)c(Cl)c3)C2c2ccc(OC)cc2)cc1. The van der Waals surface area contributed by atoms with E-state index in [4.69, 9.17) is 21.1 Å². The van der Waals surface area contributed by atoms with Gasteiger partial charge in [0.1, 0.15) is 17.3 Å². The minimum atomic E-state index is -0.855. The molecule has 4 rings (SSSR count). The summed E-state index contributed by atoms with van der Waals surface area (Å²) in [6.45, 7) is 5.84. The largest absolute Gasteiger partial charge is 0.507 e. The van der Waals surface area contributed by atoms with Crippen LogP contribution in [0.25, 0.3) is 5.76 Å². The second kappa shape index (κ2) is 11.0. The van der Waals surface area contributed by atoms with Gasteiger partial charge < -0.3 is 19.5 Å². The standard InChI is InChI=1S/C29H29ClN2O5/c1-5-31(6-2)20-10-12-21(13-11-20)32-26(18-7-14-22(36-3)15-8-18)25(28(34)29(32)35)27(33)19-9-16-24(37-4)23(30)17-19/h7-17,26,33H,5-6H2,1-4H3/b27-25-. The maximum atomic E-state index is 13.4. The fourth-order valence-corrected chi connectivity index (χ4v) is 4.84. The third-order valence-electron chi connectivity index (χ3n) is 6.56. The number of ketones is 1. The molecular formula is C29H29ClN2O5. The minimum absolute atomic E-state index is 0.0239. The molecule has 37 heavy (non-hydrogen) atoms. The molecule has 0 saturated carbocycles. The van der Waals surface area contributed by atoms with E-state index < -0.39 is 17.7 Å². The number of halogens is 1. The van der Waals surface area contributed by atoms with Crippen LogP contribution in [0.15, 0.2) is 72.3 Å². The zero-order valence-electron chi connectivity index (χ0n) is 21.2. The van der Waals surface area contributed by atoms with Gasteiger partial charge in [-0.05, 0) is 74.0 Å². The highest BCUT2D eigenvalue weighted by Gasteiger charge is 2.47. The maximum Gasteiger partial charge on any atom is 0.300 e. The van der Waals surface area contributed by atoms with Gasteiger partial charge in [-0.3, -0.25) is 14.5 Å². The monoisotopic (exact) mass is 520 g/mol. The van der Waals surface area contributed by atoms with Crippen LogP contribution >= 0.6 is 11.6 Å². The summed E-state index contributed by atoms with van der Waals surface area (Å²) in [4.78, 5) is 30.4. The molecule has 8 heteroatoms. The van der Waals surface area contributed by atoms with Gasteiger partial charge in [0.05, 0.1) is 30.9 Å². The van der Waals surface area contributed by atoms with Crippen LogP contribution in [0, 0.1) is 0 Å². The van der Waals surface area contributed by atoms with Gasteiger partial charge in [-0.1, -0.05) is 23.7 Å². The molecule has 1 aliphatic heterocycles.